The van der Waals surface area contributed by atoms with Gasteiger partial charge in [0.05, 0.1) is 6.54 Å². The number of hydrogen-bond acceptors (Lipinski definition) is 5. The fourth-order valence-corrected chi connectivity index (χ4v) is 2.54. The lowest BCUT2D eigenvalue weighted by Gasteiger charge is -2.18. The van der Waals surface area contributed by atoms with Crippen LogP contribution in [0, 0.1) is 11.6 Å². The Morgan fingerprint density at radius 1 is 1.39 bits per heavy atom. The highest BCUT2D eigenvalue weighted by Gasteiger charge is 2.31. The molecule has 0 bridgehead atoms. The number of benzene rings is 1. The summed E-state index contributed by atoms with van der Waals surface area (Å²) in [5, 5.41) is 12.8. The number of halogens is 3. The average molecular weight is 346 g/mol. The number of likely N-dealkylation sites (tertiary alicyclic amines) is 1. The van der Waals surface area contributed by atoms with Gasteiger partial charge in [0.2, 0.25) is 11.7 Å². The summed E-state index contributed by atoms with van der Waals surface area (Å²) < 4.78 is 31.2. The zero-order chi connectivity index (χ0) is 15.7. The fraction of sp³-hybridized carbons (Fsp3) is 0.357. The number of rotatable bonds is 4. The van der Waals surface area contributed by atoms with Crippen LogP contribution in [0.15, 0.2) is 22.7 Å². The second-order valence-electron chi connectivity index (χ2n) is 5.11. The van der Waals surface area contributed by atoms with Crippen LogP contribution < -0.4 is 0 Å². The summed E-state index contributed by atoms with van der Waals surface area (Å²) in [7, 11) is 0. The van der Waals surface area contributed by atoms with Crippen LogP contribution in [0.25, 0.3) is 11.4 Å². The molecule has 1 aliphatic heterocycles. The summed E-state index contributed by atoms with van der Waals surface area (Å²) >= 11 is 0. The molecule has 3 rings (SSSR count). The number of aliphatic carboxylic acids is 1. The van der Waals surface area contributed by atoms with E-state index in [-0.39, 0.29) is 30.7 Å². The molecule has 124 valence electrons. The minimum atomic E-state index is -0.991. The van der Waals surface area contributed by atoms with Gasteiger partial charge in [-0.25, -0.2) is 8.78 Å². The molecule has 0 aliphatic carbocycles. The van der Waals surface area contributed by atoms with Crippen LogP contribution in [0.3, 0.4) is 0 Å². The first kappa shape index (κ1) is 17.3. The summed E-state index contributed by atoms with van der Waals surface area (Å²) in [4.78, 5) is 17.0. The molecule has 9 heteroatoms. The molecule has 0 unspecified atom stereocenters. The van der Waals surface area contributed by atoms with E-state index >= 15 is 0 Å². The van der Waals surface area contributed by atoms with Crippen LogP contribution in [0.4, 0.5) is 8.78 Å². The van der Waals surface area contributed by atoms with Crippen molar-refractivity contribution < 1.29 is 23.2 Å². The first-order valence-corrected chi connectivity index (χ1v) is 6.79. The van der Waals surface area contributed by atoms with Crippen LogP contribution in [0.5, 0.6) is 0 Å². The standard InChI is InChI=1S/C14H13F2N3O3.ClH/c15-9-4-3-8(6-10(9)16)13-17-12(22-18-13)7-19-5-1-2-11(19)14(20)21;/h3-4,6,11H,1-2,5,7H2,(H,20,21);1H/t11-;/m1./s1. The predicted octanol–water partition coefficient (Wildman–Crippen LogP) is 2.49. The third-order valence-corrected chi connectivity index (χ3v) is 3.63. The van der Waals surface area contributed by atoms with Gasteiger partial charge >= 0.3 is 5.97 Å². The smallest absolute Gasteiger partial charge is 0.320 e. The van der Waals surface area contributed by atoms with Crippen LogP contribution in [0.1, 0.15) is 18.7 Å². The molecule has 2 aromatic rings. The normalized spacial score (nSPS) is 17.9. The Hall–Kier alpha value is -2.06. The third kappa shape index (κ3) is 3.65. The van der Waals surface area contributed by atoms with Crippen LogP contribution >= 0.6 is 12.4 Å². The van der Waals surface area contributed by atoms with E-state index in [9.17, 15) is 13.6 Å². The third-order valence-electron chi connectivity index (χ3n) is 3.63. The molecule has 1 aromatic carbocycles. The fourth-order valence-electron chi connectivity index (χ4n) is 2.54. The highest BCUT2D eigenvalue weighted by atomic mass is 35.5. The zero-order valence-corrected chi connectivity index (χ0v) is 12.7. The lowest BCUT2D eigenvalue weighted by atomic mass is 10.2. The summed E-state index contributed by atoms with van der Waals surface area (Å²) in [6.45, 7) is 0.855. The Morgan fingerprint density at radius 2 is 2.17 bits per heavy atom. The quantitative estimate of drug-likeness (QED) is 0.917. The molecule has 0 saturated carbocycles. The lowest BCUT2D eigenvalue weighted by Crippen LogP contribution is -2.35. The van der Waals surface area contributed by atoms with Crippen molar-refractivity contribution in [3.05, 3.63) is 35.7 Å². The van der Waals surface area contributed by atoms with Crippen molar-refractivity contribution in [2.75, 3.05) is 6.54 Å². The van der Waals surface area contributed by atoms with Gasteiger partial charge in [-0.05, 0) is 37.6 Å². The number of nitrogens with zero attached hydrogens (tertiary/aromatic N) is 3. The van der Waals surface area contributed by atoms with Crippen molar-refractivity contribution in [2.24, 2.45) is 0 Å². The number of hydrogen-bond donors (Lipinski definition) is 1. The molecule has 0 radical (unpaired) electrons. The number of carbonyl (C=O) groups is 1. The van der Waals surface area contributed by atoms with E-state index in [2.05, 4.69) is 10.1 Å². The predicted molar refractivity (Wildman–Crippen MR) is 78.0 cm³/mol. The minimum absolute atomic E-state index is 0. The van der Waals surface area contributed by atoms with Gasteiger partial charge in [-0.2, -0.15) is 4.98 Å². The van der Waals surface area contributed by atoms with Gasteiger partial charge < -0.3 is 9.63 Å². The van der Waals surface area contributed by atoms with E-state index in [0.717, 1.165) is 18.6 Å². The van der Waals surface area contributed by atoms with E-state index in [1.165, 1.54) is 6.07 Å². The van der Waals surface area contributed by atoms with Crippen molar-refractivity contribution in [1.82, 2.24) is 15.0 Å². The molecule has 23 heavy (non-hydrogen) atoms. The average Bonchev–Trinajstić information content (AvgIpc) is 3.11. The highest BCUT2D eigenvalue weighted by molar-refractivity contribution is 5.85. The topological polar surface area (TPSA) is 79.5 Å². The second-order valence-corrected chi connectivity index (χ2v) is 5.11. The molecule has 1 N–H and O–H groups in total. The maximum Gasteiger partial charge on any atom is 0.320 e. The summed E-state index contributed by atoms with van der Waals surface area (Å²) in [5.74, 6) is -2.44. The Balaban J connectivity index is 0.00000192. The maximum atomic E-state index is 13.2. The molecular weight excluding hydrogens is 332 g/mol. The number of aromatic nitrogens is 2. The molecule has 1 aliphatic rings. The van der Waals surface area contributed by atoms with Crippen molar-refractivity contribution in [2.45, 2.75) is 25.4 Å². The Bertz CT molecular complexity index is 710. The summed E-state index contributed by atoms with van der Waals surface area (Å²) in [6, 6.07) is 2.77. The second kappa shape index (κ2) is 7.01. The van der Waals surface area contributed by atoms with Gasteiger partial charge in [0.25, 0.3) is 0 Å². The van der Waals surface area contributed by atoms with Gasteiger partial charge in [0.15, 0.2) is 11.6 Å². The Labute approximate surface area is 136 Å². The van der Waals surface area contributed by atoms with Crippen molar-refractivity contribution in [3.8, 4) is 11.4 Å². The molecule has 1 fully saturated rings. The van der Waals surface area contributed by atoms with Crippen molar-refractivity contribution in [1.29, 1.82) is 0 Å². The monoisotopic (exact) mass is 345 g/mol. The minimum Gasteiger partial charge on any atom is -0.480 e. The molecule has 0 amide bonds. The van der Waals surface area contributed by atoms with Crippen LogP contribution in [-0.4, -0.2) is 38.7 Å². The number of carboxylic acids is 1. The van der Waals surface area contributed by atoms with Gasteiger partial charge in [-0.1, -0.05) is 5.16 Å². The molecule has 2 heterocycles. The van der Waals surface area contributed by atoms with E-state index < -0.39 is 23.6 Å². The van der Waals surface area contributed by atoms with E-state index in [4.69, 9.17) is 9.63 Å². The van der Waals surface area contributed by atoms with Gasteiger partial charge in [-0.15, -0.1) is 12.4 Å². The van der Waals surface area contributed by atoms with Gasteiger partial charge in [0.1, 0.15) is 6.04 Å². The van der Waals surface area contributed by atoms with Crippen molar-refractivity contribution >= 4 is 18.4 Å². The van der Waals surface area contributed by atoms with Crippen LogP contribution in [0.2, 0.25) is 0 Å². The SMILES string of the molecule is Cl.O=C(O)[C@H]1CCCN1Cc1nc(-c2ccc(F)c(F)c2)no1. The van der Waals surface area contributed by atoms with Gasteiger partial charge in [0, 0.05) is 5.56 Å². The van der Waals surface area contributed by atoms with E-state index in [1.807, 2.05) is 0 Å². The first-order valence-electron chi connectivity index (χ1n) is 6.79. The van der Waals surface area contributed by atoms with Crippen LogP contribution in [-0.2, 0) is 11.3 Å². The Kier molecular flexibility index (Phi) is 5.27. The van der Waals surface area contributed by atoms with E-state index in [0.29, 0.717) is 18.5 Å². The van der Waals surface area contributed by atoms with Crippen molar-refractivity contribution in [3.63, 3.8) is 0 Å². The molecule has 1 atom stereocenters. The number of carboxylic acid groups (broad SMARTS) is 1. The maximum absolute atomic E-state index is 13.2. The molecule has 1 saturated heterocycles. The molecule has 6 nitrogen and oxygen atoms in total. The zero-order valence-electron chi connectivity index (χ0n) is 11.9. The summed E-state index contributed by atoms with van der Waals surface area (Å²) in [5.41, 5.74) is 0.296. The molecular formula is C14H14ClF2N3O3. The molecule has 0 spiro atoms. The first-order chi connectivity index (χ1) is 10.5. The van der Waals surface area contributed by atoms with E-state index in [1.54, 1.807) is 4.90 Å². The molecule has 1 aromatic heterocycles. The Morgan fingerprint density at radius 3 is 2.87 bits per heavy atom. The highest BCUT2D eigenvalue weighted by Crippen LogP contribution is 2.22. The van der Waals surface area contributed by atoms with Gasteiger partial charge in [-0.3, -0.25) is 9.69 Å². The largest absolute Gasteiger partial charge is 0.480 e. The lowest BCUT2D eigenvalue weighted by molar-refractivity contribution is -0.142. The summed E-state index contributed by atoms with van der Waals surface area (Å²) in [6.07, 6.45) is 1.38.